The zero-order valence-electron chi connectivity index (χ0n) is 10.3. The zero-order valence-corrected chi connectivity index (χ0v) is 11.9. The smallest absolute Gasteiger partial charge is 0.309 e. The van der Waals surface area contributed by atoms with Gasteiger partial charge in [0.15, 0.2) is 5.13 Å². The van der Waals surface area contributed by atoms with E-state index in [-0.39, 0.29) is 6.42 Å². The molecule has 0 saturated carbocycles. The Morgan fingerprint density at radius 3 is 2.74 bits per heavy atom. The number of aromatic nitrogens is 1. The third-order valence-electron chi connectivity index (χ3n) is 2.53. The zero-order chi connectivity index (χ0) is 13.8. The number of carboxylic acids is 1. The summed E-state index contributed by atoms with van der Waals surface area (Å²) in [5.74, 6) is -0.864. The van der Waals surface area contributed by atoms with Crippen LogP contribution in [-0.2, 0) is 17.8 Å². The monoisotopic (exact) mass is 296 g/mol. The highest BCUT2D eigenvalue weighted by Crippen LogP contribution is 2.21. The molecular formula is C13H13ClN2O2S. The minimum atomic E-state index is -0.864. The van der Waals surface area contributed by atoms with E-state index in [1.54, 1.807) is 5.38 Å². The number of aliphatic carboxylic acids is 1. The number of nitrogens with zero attached hydrogens (tertiary/aromatic N) is 2. The van der Waals surface area contributed by atoms with Crippen LogP contribution in [0, 0.1) is 0 Å². The Hall–Kier alpha value is -1.59. The van der Waals surface area contributed by atoms with Gasteiger partial charge >= 0.3 is 5.97 Å². The number of halogens is 1. The molecule has 100 valence electrons. The second-order valence-electron chi connectivity index (χ2n) is 4.17. The van der Waals surface area contributed by atoms with Crippen LogP contribution in [0.4, 0.5) is 5.13 Å². The number of hydrogen-bond donors (Lipinski definition) is 1. The summed E-state index contributed by atoms with van der Waals surface area (Å²) in [7, 11) is 1.93. The Morgan fingerprint density at radius 1 is 1.42 bits per heavy atom. The average Bonchev–Trinajstić information content (AvgIpc) is 2.80. The van der Waals surface area contributed by atoms with Gasteiger partial charge < -0.3 is 10.0 Å². The normalized spacial score (nSPS) is 10.4. The average molecular weight is 297 g/mol. The fraction of sp³-hybridized carbons (Fsp3) is 0.231. The number of benzene rings is 1. The van der Waals surface area contributed by atoms with Crippen LogP contribution >= 0.6 is 22.9 Å². The largest absolute Gasteiger partial charge is 0.481 e. The molecule has 0 aliphatic carbocycles. The highest BCUT2D eigenvalue weighted by molar-refractivity contribution is 7.13. The van der Waals surface area contributed by atoms with Crippen molar-refractivity contribution >= 4 is 34.0 Å². The van der Waals surface area contributed by atoms with Gasteiger partial charge in [-0.05, 0) is 17.7 Å². The summed E-state index contributed by atoms with van der Waals surface area (Å²) in [6, 6.07) is 7.63. The van der Waals surface area contributed by atoms with E-state index in [9.17, 15) is 4.79 Å². The van der Waals surface area contributed by atoms with Crippen molar-refractivity contribution in [3.05, 3.63) is 45.9 Å². The van der Waals surface area contributed by atoms with Crippen LogP contribution in [0.15, 0.2) is 29.6 Å². The van der Waals surface area contributed by atoms with Crippen LogP contribution in [-0.4, -0.2) is 23.1 Å². The number of rotatable bonds is 5. The highest BCUT2D eigenvalue weighted by Gasteiger charge is 2.09. The Kier molecular flexibility index (Phi) is 4.39. The molecule has 0 amide bonds. The molecule has 1 aromatic heterocycles. The van der Waals surface area contributed by atoms with Crippen LogP contribution in [0.5, 0.6) is 0 Å². The predicted octanol–water partition coefficient (Wildman–Crippen LogP) is 3.06. The lowest BCUT2D eigenvalue weighted by molar-refractivity contribution is -0.136. The number of carboxylic acid groups (broad SMARTS) is 1. The maximum Gasteiger partial charge on any atom is 0.309 e. The molecule has 0 spiro atoms. The van der Waals surface area contributed by atoms with E-state index >= 15 is 0 Å². The molecule has 0 atom stereocenters. The molecule has 0 aliphatic heterocycles. The van der Waals surface area contributed by atoms with Crippen molar-refractivity contribution in [2.75, 3.05) is 11.9 Å². The number of carbonyl (C=O) groups is 1. The lowest BCUT2D eigenvalue weighted by atomic mass is 10.2. The first-order chi connectivity index (χ1) is 9.04. The molecule has 0 unspecified atom stereocenters. The van der Waals surface area contributed by atoms with E-state index in [4.69, 9.17) is 16.7 Å². The highest BCUT2D eigenvalue weighted by atomic mass is 35.5. The van der Waals surface area contributed by atoms with Crippen LogP contribution in [0.3, 0.4) is 0 Å². The molecule has 0 fully saturated rings. The molecule has 0 aliphatic rings. The van der Waals surface area contributed by atoms with E-state index in [0.29, 0.717) is 17.3 Å². The summed E-state index contributed by atoms with van der Waals surface area (Å²) >= 11 is 7.28. The first-order valence-corrected chi connectivity index (χ1v) is 6.92. The minimum absolute atomic E-state index is 0.0364. The van der Waals surface area contributed by atoms with Gasteiger partial charge in [0.1, 0.15) is 0 Å². The van der Waals surface area contributed by atoms with Gasteiger partial charge in [-0.1, -0.05) is 23.7 Å². The molecule has 19 heavy (non-hydrogen) atoms. The fourth-order valence-corrected chi connectivity index (χ4v) is 2.56. The van der Waals surface area contributed by atoms with Crippen molar-refractivity contribution in [2.24, 2.45) is 0 Å². The number of anilines is 1. The van der Waals surface area contributed by atoms with Crippen molar-refractivity contribution in [1.82, 2.24) is 4.98 Å². The van der Waals surface area contributed by atoms with Crippen LogP contribution in [0.1, 0.15) is 11.3 Å². The van der Waals surface area contributed by atoms with E-state index < -0.39 is 5.97 Å². The van der Waals surface area contributed by atoms with E-state index in [1.807, 2.05) is 36.2 Å². The lowest BCUT2D eigenvalue weighted by Gasteiger charge is -2.15. The van der Waals surface area contributed by atoms with Crippen LogP contribution < -0.4 is 4.90 Å². The van der Waals surface area contributed by atoms with Gasteiger partial charge in [-0.15, -0.1) is 11.3 Å². The quantitative estimate of drug-likeness (QED) is 0.921. The van der Waals surface area contributed by atoms with Gasteiger partial charge in [-0.25, -0.2) is 4.98 Å². The molecule has 4 nitrogen and oxygen atoms in total. The van der Waals surface area contributed by atoms with Crippen molar-refractivity contribution in [3.63, 3.8) is 0 Å². The molecule has 1 N–H and O–H groups in total. The van der Waals surface area contributed by atoms with Gasteiger partial charge in [0.05, 0.1) is 12.1 Å². The molecule has 0 saturated heterocycles. The van der Waals surface area contributed by atoms with E-state index in [0.717, 1.165) is 10.7 Å². The fourth-order valence-electron chi connectivity index (χ4n) is 1.64. The molecule has 6 heteroatoms. The molecule has 2 aromatic rings. The summed E-state index contributed by atoms with van der Waals surface area (Å²) in [4.78, 5) is 16.9. The Balaban J connectivity index is 2.03. The van der Waals surface area contributed by atoms with Gasteiger partial charge in [0.25, 0.3) is 0 Å². The van der Waals surface area contributed by atoms with Crippen molar-refractivity contribution in [1.29, 1.82) is 0 Å². The Labute approximate surface area is 120 Å². The SMILES string of the molecule is CN(Cc1ccc(Cl)cc1)c1nc(CC(=O)O)cs1. The summed E-state index contributed by atoms with van der Waals surface area (Å²) in [6.45, 7) is 0.706. The number of thiazole rings is 1. The topological polar surface area (TPSA) is 53.4 Å². The van der Waals surface area contributed by atoms with Gasteiger partial charge in [0.2, 0.25) is 0 Å². The maximum atomic E-state index is 10.6. The molecular weight excluding hydrogens is 284 g/mol. The third-order valence-corrected chi connectivity index (χ3v) is 3.79. The molecule has 1 aromatic carbocycles. The second-order valence-corrected chi connectivity index (χ2v) is 5.45. The van der Waals surface area contributed by atoms with Crippen molar-refractivity contribution < 1.29 is 9.90 Å². The summed E-state index contributed by atoms with van der Waals surface area (Å²) in [6.07, 6.45) is -0.0364. The lowest BCUT2D eigenvalue weighted by Crippen LogP contribution is -2.16. The third kappa shape index (κ3) is 3.94. The van der Waals surface area contributed by atoms with Gasteiger partial charge in [0, 0.05) is 24.0 Å². The first kappa shape index (κ1) is 13.8. The molecule has 0 radical (unpaired) electrons. The van der Waals surface area contributed by atoms with E-state index in [1.165, 1.54) is 11.3 Å². The van der Waals surface area contributed by atoms with Crippen molar-refractivity contribution in [2.45, 2.75) is 13.0 Å². The summed E-state index contributed by atoms with van der Waals surface area (Å²) in [5, 5.41) is 12.0. The summed E-state index contributed by atoms with van der Waals surface area (Å²) < 4.78 is 0. The first-order valence-electron chi connectivity index (χ1n) is 5.66. The molecule has 2 rings (SSSR count). The summed E-state index contributed by atoms with van der Waals surface area (Å²) in [5.41, 5.74) is 1.72. The minimum Gasteiger partial charge on any atom is -0.481 e. The van der Waals surface area contributed by atoms with Crippen LogP contribution in [0.25, 0.3) is 0 Å². The molecule has 1 heterocycles. The van der Waals surface area contributed by atoms with Gasteiger partial charge in [-0.3, -0.25) is 4.79 Å². The van der Waals surface area contributed by atoms with Crippen molar-refractivity contribution in [3.8, 4) is 0 Å². The van der Waals surface area contributed by atoms with Crippen LogP contribution in [0.2, 0.25) is 5.02 Å². The molecule has 0 bridgehead atoms. The Bertz CT molecular complexity index is 568. The standard InChI is InChI=1S/C13H13ClN2O2S/c1-16(7-9-2-4-10(14)5-3-9)13-15-11(8-19-13)6-12(17)18/h2-5,8H,6-7H2,1H3,(H,17,18). The van der Waals surface area contributed by atoms with Gasteiger partial charge in [-0.2, -0.15) is 0 Å². The second kappa shape index (κ2) is 6.04. The number of hydrogen-bond acceptors (Lipinski definition) is 4. The predicted molar refractivity (Wildman–Crippen MR) is 77.0 cm³/mol. The van der Waals surface area contributed by atoms with E-state index in [2.05, 4.69) is 4.98 Å². The Morgan fingerprint density at radius 2 is 2.11 bits per heavy atom. The maximum absolute atomic E-state index is 10.6.